The molecule has 5 rings (SSSR count). The van der Waals surface area contributed by atoms with Crippen molar-refractivity contribution in [3.05, 3.63) is 140 Å². The molecule has 5 aromatic rings. The fraction of sp³-hybridized carbons (Fsp3) is 0.0357. The normalized spacial score (nSPS) is 11.0. The Bertz CT molecular complexity index is 1760. The summed E-state index contributed by atoms with van der Waals surface area (Å²) in [5.41, 5.74) is 1.02. The first-order valence-electron chi connectivity index (χ1n) is 11.2. The molecular weight excluding hydrogens is 500 g/mol. The van der Waals surface area contributed by atoms with Crippen molar-refractivity contribution in [1.82, 2.24) is 9.13 Å². The van der Waals surface area contributed by atoms with Crippen LogP contribution in [0, 0.1) is 11.6 Å². The summed E-state index contributed by atoms with van der Waals surface area (Å²) in [6.07, 6.45) is 3.18. The van der Waals surface area contributed by atoms with Crippen LogP contribution in [0.4, 0.5) is 14.5 Å². The highest BCUT2D eigenvalue weighted by Crippen LogP contribution is 2.19. The number of carbonyl (C=O) groups excluding carboxylic acids is 1. The van der Waals surface area contributed by atoms with E-state index in [1.807, 2.05) is 12.1 Å². The van der Waals surface area contributed by atoms with Gasteiger partial charge in [0.1, 0.15) is 17.0 Å². The van der Waals surface area contributed by atoms with Crippen molar-refractivity contribution in [3.8, 4) is 5.69 Å². The number of nitrogens with one attached hydrogen (secondary N) is 1. The second-order valence-electron chi connectivity index (χ2n) is 8.31. The van der Waals surface area contributed by atoms with Crippen molar-refractivity contribution < 1.29 is 13.6 Å². The summed E-state index contributed by atoms with van der Waals surface area (Å²) in [5, 5.41) is 3.15. The van der Waals surface area contributed by atoms with Gasteiger partial charge in [0.25, 0.3) is 11.5 Å². The lowest BCUT2D eigenvalue weighted by Crippen LogP contribution is -2.25. The van der Waals surface area contributed by atoms with Crippen molar-refractivity contribution in [1.29, 1.82) is 0 Å². The van der Waals surface area contributed by atoms with Gasteiger partial charge in [0.2, 0.25) is 0 Å². The first kappa shape index (κ1) is 24.1. The predicted molar refractivity (Wildman–Crippen MR) is 139 cm³/mol. The van der Waals surface area contributed by atoms with Crippen LogP contribution in [0.3, 0.4) is 0 Å². The van der Waals surface area contributed by atoms with Gasteiger partial charge in [-0.3, -0.25) is 14.4 Å². The van der Waals surface area contributed by atoms with Gasteiger partial charge in [-0.05, 0) is 66.2 Å². The van der Waals surface area contributed by atoms with Gasteiger partial charge >= 0.3 is 0 Å². The molecule has 0 bridgehead atoms. The lowest BCUT2D eigenvalue weighted by Gasteiger charge is -2.14. The number of pyridine rings is 2. The zero-order valence-corrected chi connectivity index (χ0v) is 19.9. The average molecular weight is 518 g/mol. The number of hydrogen-bond acceptors (Lipinski definition) is 3. The van der Waals surface area contributed by atoms with E-state index < -0.39 is 34.1 Å². The van der Waals surface area contributed by atoms with Crippen LogP contribution in [0.1, 0.15) is 15.9 Å². The Morgan fingerprint density at radius 2 is 1.59 bits per heavy atom. The molecule has 0 radical (unpaired) electrons. The van der Waals surface area contributed by atoms with Gasteiger partial charge in [0.15, 0.2) is 5.43 Å². The smallest absolute Gasteiger partial charge is 0.264 e. The Morgan fingerprint density at radius 3 is 2.32 bits per heavy atom. The number of halogens is 3. The van der Waals surface area contributed by atoms with Crippen LogP contribution in [0.5, 0.6) is 0 Å². The van der Waals surface area contributed by atoms with Crippen molar-refractivity contribution in [2.45, 2.75) is 6.54 Å². The molecule has 0 unspecified atom stereocenters. The van der Waals surface area contributed by atoms with Crippen LogP contribution < -0.4 is 16.3 Å². The van der Waals surface area contributed by atoms with Gasteiger partial charge in [0.05, 0.1) is 17.6 Å². The summed E-state index contributed by atoms with van der Waals surface area (Å²) < 4.78 is 30.5. The van der Waals surface area contributed by atoms with Crippen molar-refractivity contribution >= 4 is 34.1 Å². The molecule has 9 heteroatoms. The van der Waals surface area contributed by atoms with Crippen molar-refractivity contribution in [2.75, 3.05) is 5.32 Å². The maximum absolute atomic E-state index is 13.9. The van der Waals surface area contributed by atoms with E-state index in [9.17, 15) is 23.2 Å². The molecule has 184 valence electrons. The van der Waals surface area contributed by atoms with Crippen molar-refractivity contribution in [3.63, 3.8) is 0 Å². The molecule has 2 aromatic heterocycles. The van der Waals surface area contributed by atoms with Gasteiger partial charge in [-0.2, -0.15) is 0 Å². The minimum absolute atomic E-state index is 0.0397. The van der Waals surface area contributed by atoms with E-state index in [2.05, 4.69) is 5.32 Å². The van der Waals surface area contributed by atoms with E-state index in [0.29, 0.717) is 21.9 Å². The number of benzene rings is 3. The first-order valence-corrected chi connectivity index (χ1v) is 11.5. The Kier molecular flexibility index (Phi) is 6.42. The molecule has 0 saturated carbocycles. The highest BCUT2D eigenvalue weighted by atomic mass is 35.5. The fourth-order valence-corrected chi connectivity index (χ4v) is 4.14. The summed E-state index contributed by atoms with van der Waals surface area (Å²) in [6.45, 7) is 0.278. The third-order valence-corrected chi connectivity index (χ3v) is 6.12. The largest absolute Gasteiger partial charge is 0.322 e. The molecule has 0 spiro atoms. The quantitative estimate of drug-likeness (QED) is 0.340. The van der Waals surface area contributed by atoms with Gasteiger partial charge in [0, 0.05) is 34.9 Å². The second kappa shape index (κ2) is 9.83. The third kappa shape index (κ3) is 4.92. The molecule has 6 nitrogen and oxygen atoms in total. The summed E-state index contributed by atoms with van der Waals surface area (Å²) in [5.74, 6) is -2.35. The monoisotopic (exact) mass is 517 g/mol. The summed E-state index contributed by atoms with van der Waals surface area (Å²) in [6, 6.07) is 19.2. The van der Waals surface area contributed by atoms with Crippen LogP contribution in [0.2, 0.25) is 5.02 Å². The van der Waals surface area contributed by atoms with E-state index in [1.165, 1.54) is 10.6 Å². The number of rotatable bonds is 5. The molecule has 1 amide bonds. The van der Waals surface area contributed by atoms with E-state index in [-0.39, 0.29) is 11.9 Å². The van der Waals surface area contributed by atoms with Gasteiger partial charge in [-0.1, -0.05) is 23.7 Å². The molecule has 3 aromatic carbocycles. The summed E-state index contributed by atoms with van der Waals surface area (Å²) >= 11 is 5.93. The first-order chi connectivity index (χ1) is 17.8. The average Bonchev–Trinajstić information content (AvgIpc) is 2.89. The molecule has 37 heavy (non-hydrogen) atoms. The molecule has 0 fully saturated rings. The SMILES string of the molecule is O=C(Nc1ccc(-n2ccc(=O)c3c(=O)n(Cc4ccc(Cl)cc4)ccc32)cc1)c1cc(F)ccc1F. The molecule has 0 aliphatic carbocycles. The Labute approximate surface area is 214 Å². The predicted octanol–water partition coefficient (Wildman–Crippen LogP) is 5.38. The minimum atomic E-state index is -0.836. The number of nitrogens with zero attached hydrogens (tertiary/aromatic N) is 2. The van der Waals surface area contributed by atoms with Crippen LogP contribution >= 0.6 is 11.6 Å². The van der Waals surface area contributed by atoms with E-state index in [1.54, 1.807) is 59.4 Å². The Balaban J connectivity index is 1.45. The number of anilines is 1. The van der Waals surface area contributed by atoms with Gasteiger partial charge in [-0.25, -0.2) is 8.78 Å². The lowest BCUT2D eigenvalue weighted by atomic mass is 10.1. The number of hydrogen-bond donors (Lipinski definition) is 1. The zero-order valence-electron chi connectivity index (χ0n) is 19.1. The number of fused-ring (bicyclic) bond motifs is 1. The van der Waals surface area contributed by atoms with Crippen LogP contribution in [0.15, 0.2) is 101 Å². The summed E-state index contributed by atoms with van der Waals surface area (Å²) in [4.78, 5) is 38.2. The molecule has 0 atom stereocenters. The number of carbonyl (C=O) groups is 1. The summed E-state index contributed by atoms with van der Waals surface area (Å²) in [7, 11) is 0. The Hall–Kier alpha value is -4.56. The van der Waals surface area contributed by atoms with E-state index >= 15 is 0 Å². The molecule has 2 heterocycles. The lowest BCUT2D eigenvalue weighted by molar-refractivity contribution is 0.102. The minimum Gasteiger partial charge on any atom is -0.322 e. The molecule has 0 aliphatic heterocycles. The van der Waals surface area contributed by atoms with Crippen molar-refractivity contribution in [2.24, 2.45) is 0 Å². The van der Waals surface area contributed by atoms with Gasteiger partial charge < -0.3 is 14.5 Å². The topological polar surface area (TPSA) is 73.1 Å². The highest BCUT2D eigenvalue weighted by Gasteiger charge is 2.14. The molecule has 1 N–H and O–H groups in total. The van der Waals surface area contributed by atoms with E-state index in [0.717, 1.165) is 23.8 Å². The number of aromatic nitrogens is 2. The number of amides is 1. The van der Waals surface area contributed by atoms with Crippen LogP contribution in [-0.4, -0.2) is 15.0 Å². The van der Waals surface area contributed by atoms with Crippen LogP contribution in [-0.2, 0) is 6.54 Å². The maximum Gasteiger partial charge on any atom is 0.264 e. The molecular formula is C28H18ClF2N3O3. The molecule has 0 aliphatic rings. The molecule has 0 saturated heterocycles. The Morgan fingerprint density at radius 1 is 0.865 bits per heavy atom. The van der Waals surface area contributed by atoms with Gasteiger partial charge in [-0.15, -0.1) is 0 Å². The van der Waals surface area contributed by atoms with E-state index in [4.69, 9.17) is 11.6 Å². The second-order valence-corrected chi connectivity index (χ2v) is 8.75. The fourth-order valence-electron chi connectivity index (χ4n) is 4.01. The highest BCUT2D eigenvalue weighted by molar-refractivity contribution is 6.30. The van der Waals surface area contributed by atoms with Crippen LogP contribution in [0.25, 0.3) is 16.6 Å². The standard InChI is InChI=1S/C28H18ClF2N3O3/c29-18-3-1-17(2-4-18)16-33-13-11-24-26(28(33)37)25(35)12-14-34(24)21-8-6-20(7-9-21)32-27(36)22-15-19(30)5-10-23(22)31/h1-15H,16H2,(H,32,36). The maximum atomic E-state index is 13.9. The third-order valence-electron chi connectivity index (χ3n) is 5.87. The zero-order chi connectivity index (χ0) is 26.1.